The fourth-order valence-corrected chi connectivity index (χ4v) is 3.09. The number of ether oxygens (including phenoxy) is 3. The van der Waals surface area contributed by atoms with Crippen LogP contribution in [0, 0.1) is 0 Å². The number of anilines is 2. The second-order valence-corrected chi connectivity index (χ2v) is 7.04. The number of rotatable bonds is 8. The molecule has 0 radical (unpaired) electrons. The van der Waals surface area contributed by atoms with Crippen molar-refractivity contribution in [2.24, 2.45) is 0 Å². The monoisotopic (exact) mass is 412 g/mol. The van der Waals surface area contributed by atoms with Gasteiger partial charge < -0.3 is 24.4 Å². The molecule has 1 fully saturated rings. The van der Waals surface area contributed by atoms with Crippen LogP contribution in [0.15, 0.2) is 54.6 Å². The summed E-state index contributed by atoms with van der Waals surface area (Å²) in [6.07, 6.45) is -1.27. The Kier molecular flexibility index (Phi) is 7.68. The maximum Gasteiger partial charge on any atom is 0.348 e. The minimum atomic E-state index is -0.940. The van der Waals surface area contributed by atoms with Crippen molar-refractivity contribution < 1.29 is 23.8 Å². The normalized spacial score (nSPS) is 15.7. The minimum Gasteiger partial charge on any atom is -0.479 e. The van der Waals surface area contributed by atoms with Crippen LogP contribution in [0.1, 0.15) is 20.3 Å². The SMILES string of the molecule is CC[C@H](Oc1ccccc1)C(=O)O[C@@H](C)C(=O)Nc1ccc(N2CCOCC2)cc1. The van der Waals surface area contributed by atoms with Gasteiger partial charge in [0, 0.05) is 24.5 Å². The highest BCUT2D eigenvalue weighted by molar-refractivity contribution is 5.95. The van der Waals surface area contributed by atoms with E-state index in [1.165, 1.54) is 0 Å². The van der Waals surface area contributed by atoms with E-state index in [-0.39, 0.29) is 0 Å². The molecule has 1 aliphatic heterocycles. The molecule has 2 aromatic rings. The lowest BCUT2D eigenvalue weighted by molar-refractivity contribution is -0.160. The molecule has 7 heteroatoms. The Morgan fingerprint density at radius 1 is 1.07 bits per heavy atom. The van der Waals surface area contributed by atoms with Crippen molar-refractivity contribution in [3.8, 4) is 5.75 Å². The molecule has 0 spiro atoms. The van der Waals surface area contributed by atoms with Crippen LogP contribution in [-0.4, -0.2) is 50.4 Å². The minimum absolute atomic E-state index is 0.392. The first-order chi connectivity index (χ1) is 14.6. The highest BCUT2D eigenvalue weighted by Gasteiger charge is 2.25. The van der Waals surface area contributed by atoms with Gasteiger partial charge in [0.2, 0.25) is 0 Å². The van der Waals surface area contributed by atoms with E-state index in [4.69, 9.17) is 14.2 Å². The van der Waals surface area contributed by atoms with Gasteiger partial charge in [-0.3, -0.25) is 4.79 Å². The third-order valence-electron chi connectivity index (χ3n) is 4.83. The highest BCUT2D eigenvalue weighted by atomic mass is 16.6. The zero-order chi connectivity index (χ0) is 21.3. The molecule has 2 atom stereocenters. The van der Waals surface area contributed by atoms with Crippen LogP contribution in [0.3, 0.4) is 0 Å². The van der Waals surface area contributed by atoms with Gasteiger partial charge >= 0.3 is 5.97 Å². The van der Waals surface area contributed by atoms with Gasteiger partial charge in [-0.05, 0) is 49.7 Å². The maximum absolute atomic E-state index is 12.4. The summed E-state index contributed by atoms with van der Waals surface area (Å²) in [6, 6.07) is 16.7. The number of benzene rings is 2. The number of amides is 1. The van der Waals surface area contributed by atoms with Crippen LogP contribution in [0.4, 0.5) is 11.4 Å². The molecule has 0 aliphatic carbocycles. The number of esters is 1. The van der Waals surface area contributed by atoms with Crippen LogP contribution < -0.4 is 15.0 Å². The molecule has 1 amide bonds. The molecule has 0 saturated carbocycles. The van der Waals surface area contributed by atoms with E-state index in [0.29, 0.717) is 31.1 Å². The van der Waals surface area contributed by atoms with Crippen molar-refractivity contribution >= 4 is 23.3 Å². The quantitative estimate of drug-likeness (QED) is 0.671. The second-order valence-electron chi connectivity index (χ2n) is 7.04. The summed E-state index contributed by atoms with van der Waals surface area (Å²) >= 11 is 0. The molecule has 0 unspecified atom stereocenters. The third-order valence-corrected chi connectivity index (χ3v) is 4.83. The van der Waals surface area contributed by atoms with E-state index in [1.807, 2.05) is 49.4 Å². The molecule has 3 rings (SSSR count). The predicted molar refractivity (Wildman–Crippen MR) is 115 cm³/mol. The first kappa shape index (κ1) is 21.6. The van der Waals surface area contributed by atoms with Crippen LogP contribution >= 0.6 is 0 Å². The molecule has 0 aromatic heterocycles. The first-order valence-electron chi connectivity index (χ1n) is 10.2. The van der Waals surface area contributed by atoms with E-state index in [9.17, 15) is 9.59 Å². The van der Waals surface area contributed by atoms with Crippen LogP contribution in [0.2, 0.25) is 0 Å². The third kappa shape index (κ3) is 5.97. The van der Waals surface area contributed by atoms with Crippen LogP contribution in [0.5, 0.6) is 5.75 Å². The summed E-state index contributed by atoms with van der Waals surface area (Å²) in [5, 5.41) is 2.78. The van der Waals surface area contributed by atoms with Gasteiger partial charge in [-0.15, -0.1) is 0 Å². The zero-order valence-corrected chi connectivity index (χ0v) is 17.4. The van der Waals surface area contributed by atoms with Gasteiger partial charge in [-0.2, -0.15) is 0 Å². The molecular formula is C23H28N2O5. The van der Waals surface area contributed by atoms with Gasteiger partial charge in [-0.25, -0.2) is 4.79 Å². The van der Waals surface area contributed by atoms with Crippen molar-refractivity contribution in [1.82, 2.24) is 0 Å². The van der Waals surface area contributed by atoms with Gasteiger partial charge in [0.15, 0.2) is 12.2 Å². The first-order valence-corrected chi connectivity index (χ1v) is 10.2. The summed E-state index contributed by atoms with van der Waals surface area (Å²) in [5.74, 6) is -0.373. The number of nitrogens with one attached hydrogen (secondary N) is 1. The lowest BCUT2D eigenvalue weighted by Gasteiger charge is -2.29. The Hall–Kier alpha value is -3.06. The predicted octanol–water partition coefficient (Wildman–Crippen LogP) is 3.25. The average molecular weight is 412 g/mol. The van der Waals surface area contributed by atoms with E-state index in [1.54, 1.807) is 19.1 Å². The summed E-state index contributed by atoms with van der Waals surface area (Å²) in [6.45, 7) is 6.51. The summed E-state index contributed by atoms with van der Waals surface area (Å²) < 4.78 is 16.4. The number of carbonyl (C=O) groups excluding carboxylic acids is 2. The zero-order valence-electron chi connectivity index (χ0n) is 17.4. The van der Waals surface area contributed by atoms with Gasteiger partial charge in [-0.1, -0.05) is 25.1 Å². The highest BCUT2D eigenvalue weighted by Crippen LogP contribution is 2.19. The number of para-hydroxylation sites is 1. The van der Waals surface area contributed by atoms with Crippen molar-refractivity contribution in [3.05, 3.63) is 54.6 Å². The topological polar surface area (TPSA) is 77.1 Å². The Bertz CT molecular complexity index is 819. The molecule has 7 nitrogen and oxygen atoms in total. The van der Waals surface area contributed by atoms with Gasteiger partial charge in [0.1, 0.15) is 5.75 Å². The van der Waals surface area contributed by atoms with E-state index < -0.39 is 24.1 Å². The number of carbonyl (C=O) groups is 2. The van der Waals surface area contributed by atoms with E-state index in [2.05, 4.69) is 10.2 Å². The summed E-state index contributed by atoms with van der Waals surface area (Å²) in [4.78, 5) is 27.1. The maximum atomic E-state index is 12.4. The molecule has 1 heterocycles. The van der Waals surface area contributed by atoms with Crippen LogP contribution in [-0.2, 0) is 19.1 Å². The van der Waals surface area contributed by atoms with Crippen molar-refractivity contribution in [2.75, 3.05) is 36.5 Å². The largest absolute Gasteiger partial charge is 0.479 e. The fourth-order valence-electron chi connectivity index (χ4n) is 3.09. The Morgan fingerprint density at radius 2 is 1.73 bits per heavy atom. The Morgan fingerprint density at radius 3 is 2.37 bits per heavy atom. The van der Waals surface area contributed by atoms with Crippen molar-refractivity contribution in [1.29, 1.82) is 0 Å². The molecule has 30 heavy (non-hydrogen) atoms. The number of morpholine rings is 1. The van der Waals surface area contributed by atoms with Crippen molar-refractivity contribution in [3.63, 3.8) is 0 Å². The summed E-state index contributed by atoms with van der Waals surface area (Å²) in [7, 11) is 0. The fraction of sp³-hybridized carbons (Fsp3) is 0.391. The average Bonchev–Trinajstić information content (AvgIpc) is 2.79. The van der Waals surface area contributed by atoms with Gasteiger partial charge in [0.05, 0.1) is 13.2 Å². The number of hydrogen-bond acceptors (Lipinski definition) is 6. The molecule has 1 aliphatic rings. The molecule has 1 saturated heterocycles. The molecule has 0 bridgehead atoms. The van der Waals surface area contributed by atoms with E-state index >= 15 is 0 Å². The standard InChI is InChI=1S/C23H28N2O5/c1-3-21(30-20-7-5-4-6-8-20)23(27)29-17(2)22(26)24-18-9-11-19(12-10-18)25-13-15-28-16-14-25/h4-12,17,21H,3,13-16H2,1-2H3,(H,24,26)/t17-,21-/m0/s1. The molecular weight excluding hydrogens is 384 g/mol. The molecule has 160 valence electrons. The smallest absolute Gasteiger partial charge is 0.348 e. The lowest BCUT2D eigenvalue weighted by atomic mass is 10.2. The Labute approximate surface area is 176 Å². The second kappa shape index (κ2) is 10.6. The Balaban J connectivity index is 1.51. The van der Waals surface area contributed by atoms with Crippen LogP contribution in [0.25, 0.3) is 0 Å². The molecule has 1 N–H and O–H groups in total. The van der Waals surface area contributed by atoms with E-state index in [0.717, 1.165) is 18.8 Å². The lowest BCUT2D eigenvalue weighted by Crippen LogP contribution is -2.36. The number of nitrogens with zero attached hydrogens (tertiary/aromatic N) is 1. The number of hydrogen-bond donors (Lipinski definition) is 1. The summed E-state index contributed by atoms with van der Waals surface area (Å²) in [5.41, 5.74) is 1.73. The van der Waals surface area contributed by atoms with Crippen molar-refractivity contribution in [2.45, 2.75) is 32.5 Å². The van der Waals surface area contributed by atoms with Gasteiger partial charge in [0.25, 0.3) is 5.91 Å². The molecule has 2 aromatic carbocycles.